The lowest BCUT2D eigenvalue weighted by Crippen LogP contribution is -2.28. The lowest BCUT2D eigenvalue weighted by Gasteiger charge is -2.16. The fourth-order valence-corrected chi connectivity index (χ4v) is 3.80. The molecule has 6 heteroatoms. The molecule has 2 aromatic rings. The zero-order valence-electron chi connectivity index (χ0n) is 11.6. The Labute approximate surface area is 133 Å². The number of sulfonamides is 1. The van der Waals surface area contributed by atoms with Gasteiger partial charge in [-0.15, -0.1) is 0 Å². The minimum atomic E-state index is -3.60. The fraction of sp³-hybridized carbons (Fsp3) is 0.200. The quantitative estimate of drug-likeness (QED) is 0.851. The van der Waals surface area contributed by atoms with Gasteiger partial charge in [0, 0.05) is 17.1 Å². The number of benzene rings is 2. The molecule has 0 aliphatic carbocycles. The lowest BCUT2D eigenvalue weighted by atomic mass is 10.1. The van der Waals surface area contributed by atoms with E-state index in [-0.39, 0.29) is 17.5 Å². The molecule has 3 N–H and O–H groups in total. The van der Waals surface area contributed by atoms with E-state index in [0.29, 0.717) is 5.56 Å². The van der Waals surface area contributed by atoms with Crippen LogP contribution in [0.25, 0.3) is 0 Å². The van der Waals surface area contributed by atoms with Crippen LogP contribution < -0.4 is 10.5 Å². The molecular formula is C15H17BrN2O2S. The number of halogens is 1. The maximum Gasteiger partial charge on any atom is 0.241 e. The standard InChI is InChI=1S/C15H17BrN2O2S/c1-11(12-6-8-14(16)9-7-12)18-21(19,20)15-5-3-2-4-13(15)10-17/h2-9,11,18H,10,17H2,1H3. The van der Waals surface area contributed by atoms with Crippen LogP contribution in [0.5, 0.6) is 0 Å². The van der Waals surface area contributed by atoms with Gasteiger partial charge in [-0.25, -0.2) is 13.1 Å². The van der Waals surface area contributed by atoms with Gasteiger partial charge < -0.3 is 5.73 Å². The average molecular weight is 369 g/mol. The average Bonchev–Trinajstić information content (AvgIpc) is 2.47. The highest BCUT2D eigenvalue weighted by molar-refractivity contribution is 9.10. The molecule has 0 saturated carbocycles. The van der Waals surface area contributed by atoms with Crippen molar-refractivity contribution in [3.63, 3.8) is 0 Å². The summed E-state index contributed by atoms with van der Waals surface area (Å²) in [6.07, 6.45) is 0. The highest BCUT2D eigenvalue weighted by Gasteiger charge is 2.20. The summed E-state index contributed by atoms with van der Waals surface area (Å²) in [4.78, 5) is 0.233. The Balaban J connectivity index is 2.26. The van der Waals surface area contributed by atoms with Crippen molar-refractivity contribution >= 4 is 26.0 Å². The molecule has 0 fully saturated rings. The van der Waals surface area contributed by atoms with E-state index in [1.165, 1.54) is 0 Å². The minimum Gasteiger partial charge on any atom is -0.326 e. The van der Waals surface area contributed by atoms with Gasteiger partial charge in [0.1, 0.15) is 0 Å². The number of hydrogen-bond acceptors (Lipinski definition) is 3. The molecule has 0 amide bonds. The van der Waals surface area contributed by atoms with Gasteiger partial charge >= 0.3 is 0 Å². The first-order valence-electron chi connectivity index (χ1n) is 6.50. The Hall–Kier alpha value is -1.21. The SMILES string of the molecule is CC(NS(=O)(=O)c1ccccc1CN)c1ccc(Br)cc1. The highest BCUT2D eigenvalue weighted by atomic mass is 79.9. The summed E-state index contributed by atoms with van der Waals surface area (Å²) in [5.74, 6) is 0. The van der Waals surface area contributed by atoms with Gasteiger partial charge in [-0.2, -0.15) is 0 Å². The first-order valence-corrected chi connectivity index (χ1v) is 8.77. The van der Waals surface area contributed by atoms with E-state index in [1.54, 1.807) is 24.3 Å². The van der Waals surface area contributed by atoms with Crippen LogP contribution in [0.1, 0.15) is 24.1 Å². The molecule has 0 aromatic heterocycles. The Kier molecular flexibility index (Phi) is 5.16. The Morgan fingerprint density at radius 2 is 1.76 bits per heavy atom. The van der Waals surface area contributed by atoms with Crippen LogP contribution in [-0.2, 0) is 16.6 Å². The largest absolute Gasteiger partial charge is 0.326 e. The van der Waals surface area contributed by atoms with Crippen molar-refractivity contribution in [2.45, 2.75) is 24.4 Å². The smallest absolute Gasteiger partial charge is 0.241 e. The van der Waals surface area contributed by atoms with Gasteiger partial charge in [0.2, 0.25) is 10.0 Å². The molecule has 0 bridgehead atoms. The van der Waals surface area contributed by atoms with Crippen molar-refractivity contribution < 1.29 is 8.42 Å². The monoisotopic (exact) mass is 368 g/mol. The minimum absolute atomic E-state index is 0.184. The molecule has 1 atom stereocenters. The third kappa shape index (κ3) is 3.91. The van der Waals surface area contributed by atoms with Gasteiger partial charge in [0.25, 0.3) is 0 Å². The van der Waals surface area contributed by atoms with E-state index in [4.69, 9.17) is 5.73 Å². The van der Waals surface area contributed by atoms with Crippen molar-refractivity contribution in [3.8, 4) is 0 Å². The van der Waals surface area contributed by atoms with Crippen molar-refractivity contribution in [1.82, 2.24) is 4.72 Å². The van der Waals surface area contributed by atoms with Gasteiger partial charge in [-0.3, -0.25) is 0 Å². The summed E-state index contributed by atoms with van der Waals surface area (Å²) in [7, 11) is -3.60. The van der Waals surface area contributed by atoms with E-state index in [2.05, 4.69) is 20.7 Å². The third-order valence-electron chi connectivity index (χ3n) is 3.18. The molecule has 0 heterocycles. The lowest BCUT2D eigenvalue weighted by molar-refractivity contribution is 0.565. The fourth-order valence-electron chi connectivity index (χ4n) is 2.05. The van der Waals surface area contributed by atoms with Crippen molar-refractivity contribution in [2.75, 3.05) is 0 Å². The van der Waals surface area contributed by atoms with E-state index < -0.39 is 10.0 Å². The number of hydrogen-bond donors (Lipinski definition) is 2. The predicted octanol–water partition coefficient (Wildman–Crippen LogP) is 2.95. The van der Waals surface area contributed by atoms with Crippen LogP contribution in [0.2, 0.25) is 0 Å². The van der Waals surface area contributed by atoms with E-state index >= 15 is 0 Å². The highest BCUT2D eigenvalue weighted by Crippen LogP contribution is 2.21. The van der Waals surface area contributed by atoms with E-state index in [9.17, 15) is 8.42 Å². The summed E-state index contributed by atoms with van der Waals surface area (Å²) >= 11 is 3.36. The van der Waals surface area contributed by atoms with Crippen LogP contribution in [0, 0.1) is 0 Å². The molecule has 112 valence electrons. The van der Waals surface area contributed by atoms with Gasteiger partial charge in [0.15, 0.2) is 0 Å². The van der Waals surface area contributed by atoms with Crippen molar-refractivity contribution in [1.29, 1.82) is 0 Å². The number of rotatable bonds is 5. The summed E-state index contributed by atoms with van der Waals surface area (Å²) in [5.41, 5.74) is 7.11. The maximum atomic E-state index is 12.5. The Morgan fingerprint density at radius 1 is 1.14 bits per heavy atom. The molecule has 0 aliphatic rings. The van der Waals surface area contributed by atoms with Crippen molar-refractivity contribution in [2.24, 2.45) is 5.73 Å². The molecule has 1 unspecified atom stereocenters. The second kappa shape index (κ2) is 6.70. The van der Waals surface area contributed by atoms with Crippen LogP contribution in [0.15, 0.2) is 57.9 Å². The van der Waals surface area contributed by atoms with Gasteiger partial charge in [-0.05, 0) is 36.2 Å². The third-order valence-corrected chi connectivity index (χ3v) is 5.35. The molecule has 0 spiro atoms. The Morgan fingerprint density at radius 3 is 2.38 bits per heavy atom. The second-order valence-electron chi connectivity index (χ2n) is 4.71. The van der Waals surface area contributed by atoms with Gasteiger partial charge in [0.05, 0.1) is 4.90 Å². The van der Waals surface area contributed by atoms with Crippen LogP contribution in [0.3, 0.4) is 0 Å². The predicted molar refractivity (Wildman–Crippen MR) is 87.2 cm³/mol. The van der Waals surface area contributed by atoms with E-state index in [0.717, 1.165) is 10.0 Å². The summed E-state index contributed by atoms with van der Waals surface area (Å²) in [6.45, 7) is 2.00. The zero-order chi connectivity index (χ0) is 15.5. The number of nitrogens with two attached hydrogens (primary N) is 1. The van der Waals surface area contributed by atoms with Crippen molar-refractivity contribution in [3.05, 3.63) is 64.1 Å². The van der Waals surface area contributed by atoms with Crippen LogP contribution in [0.4, 0.5) is 0 Å². The normalized spacial score (nSPS) is 13.1. The molecule has 4 nitrogen and oxygen atoms in total. The first kappa shape index (κ1) is 16.2. The molecule has 0 aliphatic heterocycles. The molecule has 0 radical (unpaired) electrons. The molecule has 0 saturated heterocycles. The molecule has 2 aromatic carbocycles. The van der Waals surface area contributed by atoms with Gasteiger partial charge in [-0.1, -0.05) is 46.3 Å². The second-order valence-corrected chi connectivity index (χ2v) is 7.30. The molecular weight excluding hydrogens is 352 g/mol. The molecule has 21 heavy (non-hydrogen) atoms. The summed E-state index contributed by atoms with van der Waals surface area (Å²) in [5, 5.41) is 0. The van der Waals surface area contributed by atoms with Crippen LogP contribution in [-0.4, -0.2) is 8.42 Å². The maximum absolute atomic E-state index is 12.5. The first-order chi connectivity index (χ1) is 9.94. The summed E-state index contributed by atoms with van der Waals surface area (Å²) < 4.78 is 28.6. The Bertz CT molecular complexity index is 715. The van der Waals surface area contributed by atoms with Crippen LogP contribution >= 0.6 is 15.9 Å². The topological polar surface area (TPSA) is 72.2 Å². The zero-order valence-corrected chi connectivity index (χ0v) is 14.0. The molecule has 2 rings (SSSR count). The number of nitrogens with one attached hydrogen (secondary N) is 1. The van der Waals surface area contributed by atoms with E-state index in [1.807, 2.05) is 31.2 Å². The summed E-state index contributed by atoms with van der Waals surface area (Å²) in [6, 6.07) is 14.0.